The van der Waals surface area contributed by atoms with Crippen LogP contribution in [0.25, 0.3) is 0 Å². The number of aliphatic imine (C=N–C) groups is 1. The molecule has 26 heavy (non-hydrogen) atoms. The molecule has 1 fully saturated rings. The fraction of sp³-hybridized carbons (Fsp3) is 0.684. The Hall–Kier alpha value is -1.60. The summed E-state index contributed by atoms with van der Waals surface area (Å²) >= 11 is 1.81. The lowest BCUT2D eigenvalue weighted by molar-refractivity contribution is -0.120. The minimum absolute atomic E-state index is 0.00498. The Kier molecular flexibility index (Phi) is 8.91. The largest absolute Gasteiger partial charge is 0.355 e. The number of amides is 1. The van der Waals surface area contributed by atoms with Crippen LogP contribution in [0.5, 0.6) is 0 Å². The third-order valence-electron chi connectivity index (χ3n) is 4.81. The van der Waals surface area contributed by atoms with Gasteiger partial charge in [-0.05, 0) is 49.7 Å². The number of nitrogens with zero attached hydrogens (tertiary/aromatic N) is 2. The van der Waals surface area contributed by atoms with Crippen molar-refractivity contribution in [3.05, 3.63) is 22.4 Å². The average molecular weight is 380 g/mol. The second kappa shape index (κ2) is 11.2. The second-order valence-corrected chi connectivity index (χ2v) is 7.89. The first-order chi connectivity index (χ1) is 12.6. The minimum atomic E-state index is -0.00498. The van der Waals surface area contributed by atoms with Gasteiger partial charge in [0.1, 0.15) is 0 Å². The number of piperidine rings is 1. The number of likely N-dealkylation sites (tertiary alicyclic amines) is 1. The maximum Gasteiger partial charge on any atom is 0.239 e. The van der Waals surface area contributed by atoms with Gasteiger partial charge in [-0.3, -0.25) is 14.7 Å². The van der Waals surface area contributed by atoms with Crippen LogP contribution in [0.4, 0.5) is 0 Å². The molecule has 7 heteroatoms. The first-order valence-corrected chi connectivity index (χ1v) is 10.5. The number of carbonyl (C=O) groups excluding carboxylic acids is 1. The summed E-state index contributed by atoms with van der Waals surface area (Å²) in [5.41, 5.74) is 0. The highest BCUT2D eigenvalue weighted by Crippen LogP contribution is 2.28. The van der Waals surface area contributed by atoms with Crippen LogP contribution in [0.15, 0.2) is 22.5 Å². The van der Waals surface area contributed by atoms with Gasteiger partial charge in [0.15, 0.2) is 5.96 Å². The molecule has 0 aromatic carbocycles. The Morgan fingerprint density at radius 3 is 2.73 bits per heavy atom. The Morgan fingerprint density at radius 1 is 1.35 bits per heavy atom. The Labute approximate surface area is 161 Å². The van der Waals surface area contributed by atoms with Gasteiger partial charge in [0.25, 0.3) is 0 Å². The molecule has 0 radical (unpaired) electrons. The zero-order valence-corrected chi connectivity index (χ0v) is 17.1. The molecule has 1 aromatic heterocycles. The molecule has 1 amide bonds. The maximum atomic E-state index is 11.8. The first kappa shape index (κ1) is 20.7. The van der Waals surface area contributed by atoms with Crippen LogP contribution in [0.3, 0.4) is 0 Å². The molecule has 0 bridgehead atoms. The van der Waals surface area contributed by atoms with Crippen molar-refractivity contribution in [1.82, 2.24) is 20.9 Å². The van der Waals surface area contributed by atoms with Crippen molar-refractivity contribution in [2.24, 2.45) is 10.9 Å². The van der Waals surface area contributed by atoms with Gasteiger partial charge in [0.05, 0.1) is 12.6 Å². The van der Waals surface area contributed by atoms with Crippen molar-refractivity contribution in [3.8, 4) is 0 Å². The van der Waals surface area contributed by atoms with Gasteiger partial charge in [0.2, 0.25) is 5.91 Å². The molecule has 2 rings (SSSR count). The predicted octanol–water partition coefficient (Wildman–Crippen LogP) is 2.21. The third-order valence-corrected chi connectivity index (χ3v) is 5.78. The highest BCUT2D eigenvalue weighted by Gasteiger charge is 2.25. The summed E-state index contributed by atoms with van der Waals surface area (Å²) in [5, 5.41) is 11.5. The second-order valence-electron chi connectivity index (χ2n) is 6.91. The molecule has 1 saturated heterocycles. The molecule has 1 atom stereocenters. The van der Waals surface area contributed by atoms with Gasteiger partial charge in [0, 0.05) is 25.0 Å². The predicted molar refractivity (Wildman–Crippen MR) is 110 cm³/mol. The number of rotatable bonds is 8. The molecular weight excluding hydrogens is 346 g/mol. The van der Waals surface area contributed by atoms with E-state index in [-0.39, 0.29) is 12.5 Å². The number of nitrogens with one attached hydrogen (secondary N) is 3. The van der Waals surface area contributed by atoms with Crippen molar-refractivity contribution in [2.45, 2.75) is 39.2 Å². The van der Waals surface area contributed by atoms with Crippen molar-refractivity contribution in [2.75, 3.05) is 39.8 Å². The van der Waals surface area contributed by atoms with Gasteiger partial charge in [-0.25, -0.2) is 0 Å². The smallest absolute Gasteiger partial charge is 0.239 e. The molecule has 1 aliphatic rings. The molecule has 0 saturated carbocycles. The molecule has 2 heterocycles. The van der Waals surface area contributed by atoms with E-state index in [1.807, 2.05) is 6.92 Å². The summed E-state index contributed by atoms with van der Waals surface area (Å²) in [6, 6.07) is 4.67. The van der Waals surface area contributed by atoms with Crippen LogP contribution in [0.1, 0.15) is 44.0 Å². The van der Waals surface area contributed by atoms with E-state index in [4.69, 9.17) is 0 Å². The topological polar surface area (TPSA) is 68.8 Å². The van der Waals surface area contributed by atoms with Crippen LogP contribution < -0.4 is 16.0 Å². The number of hydrogen-bond donors (Lipinski definition) is 3. The summed E-state index contributed by atoms with van der Waals surface area (Å²) < 4.78 is 0. The van der Waals surface area contributed by atoms with E-state index in [9.17, 15) is 4.79 Å². The van der Waals surface area contributed by atoms with Crippen molar-refractivity contribution >= 4 is 23.2 Å². The van der Waals surface area contributed by atoms with Gasteiger partial charge in [-0.1, -0.05) is 19.9 Å². The Balaban J connectivity index is 1.88. The highest BCUT2D eigenvalue weighted by molar-refractivity contribution is 7.10. The quantitative estimate of drug-likeness (QED) is 0.478. The van der Waals surface area contributed by atoms with E-state index in [1.165, 1.54) is 17.7 Å². The normalized spacial score (nSPS) is 17.7. The number of guanidine groups is 1. The average Bonchev–Trinajstić information content (AvgIpc) is 3.18. The Morgan fingerprint density at radius 2 is 2.12 bits per heavy atom. The zero-order chi connectivity index (χ0) is 18.8. The molecule has 3 N–H and O–H groups in total. The van der Waals surface area contributed by atoms with Crippen LogP contribution >= 0.6 is 11.3 Å². The summed E-state index contributed by atoms with van der Waals surface area (Å²) in [6.07, 6.45) is 3.45. The van der Waals surface area contributed by atoms with E-state index < -0.39 is 0 Å². The highest BCUT2D eigenvalue weighted by atomic mass is 32.1. The zero-order valence-electron chi connectivity index (χ0n) is 16.3. The van der Waals surface area contributed by atoms with E-state index in [2.05, 4.69) is 50.3 Å². The van der Waals surface area contributed by atoms with Crippen molar-refractivity contribution in [1.29, 1.82) is 0 Å². The molecule has 1 aromatic rings. The van der Waals surface area contributed by atoms with Gasteiger partial charge in [-0.2, -0.15) is 0 Å². The lowest BCUT2D eigenvalue weighted by atomic mass is 9.97. The minimum Gasteiger partial charge on any atom is -0.355 e. The fourth-order valence-electron chi connectivity index (χ4n) is 3.14. The van der Waals surface area contributed by atoms with E-state index in [0.717, 1.165) is 32.0 Å². The van der Waals surface area contributed by atoms with E-state index >= 15 is 0 Å². The van der Waals surface area contributed by atoms with Crippen LogP contribution in [-0.4, -0.2) is 56.5 Å². The first-order valence-electron chi connectivity index (χ1n) is 9.62. The van der Waals surface area contributed by atoms with E-state index in [0.29, 0.717) is 18.5 Å². The summed E-state index contributed by atoms with van der Waals surface area (Å²) in [7, 11) is 1.74. The summed E-state index contributed by atoms with van der Waals surface area (Å²) in [5.74, 6) is 1.48. The van der Waals surface area contributed by atoms with Gasteiger partial charge in [-0.15, -0.1) is 11.3 Å². The maximum absolute atomic E-state index is 11.8. The number of thiophene rings is 1. The van der Waals surface area contributed by atoms with Crippen LogP contribution in [-0.2, 0) is 4.79 Å². The van der Waals surface area contributed by atoms with Crippen LogP contribution in [0, 0.1) is 5.92 Å². The Bertz CT molecular complexity index is 552. The molecule has 0 aliphatic carbocycles. The van der Waals surface area contributed by atoms with Crippen molar-refractivity contribution < 1.29 is 4.79 Å². The summed E-state index contributed by atoms with van der Waals surface area (Å²) in [6.45, 7) is 8.38. The molecular formula is C19H33N5OS. The molecule has 6 nitrogen and oxygen atoms in total. The summed E-state index contributed by atoms with van der Waals surface area (Å²) in [4.78, 5) is 20.0. The lowest BCUT2D eigenvalue weighted by Crippen LogP contribution is -2.47. The van der Waals surface area contributed by atoms with Crippen LogP contribution in [0.2, 0.25) is 0 Å². The number of carbonyl (C=O) groups is 1. The molecule has 1 aliphatic heterocycles. The molecule has 146 valence electrons. The van der Waals surface area contributed by atoms with Gasteiger partial charge < -0.3 is 16.0 Å². The van der Waals surface area contributed by atoms with Gasteiger partial charge >= 0.3 is 0 Å². The van der Waals surface area contributed by atoms with Crippen molar-refractivity contribution in [3.63, 3.8) is 0 Å². The van der Waals surface area contributed by atoms with E-state index in [1.54, 1.807) is 18.4 Å². The fourth-order valence-corrected chi connectivity index (χ4v) is 4.00. The molecule has 0 spiro atoms. The SMILES string of the molecule is CCCNC(=O)CNC(=NC)NCC(c1cccs1)N1CCC(C)CC1. The standard InChI is InChI=1S/C19H33N5OS/c1-4-9-21-18(25)14-23-19(20-3)22-13-16(17-6-5-12-26-17)24-10-7-15(2)8-11-24/h5-6,12,15-16H,4,7-11,13-14H2,1-3H3,(H,21,25)(H2,20,22,23). The monoisotopic (exact) mass is 379 g/mol. The lowest BCUT2D eigenvalue weighted by Gasteiger charge is -2.36. The third kappa shape index (κ3) is 6.61. The molecule has 1 unspecified atom stereocenters. The number of hydrogen-bond acceptors (Lipinski definition) is 4.